The molecule has 0 fully saturated rings. The molecule has 35 heavy (non-hydrogen) atoms. The minimum Gasteiger partial charge on any atom is -0.469 e. The quantitative estimate of drug-likeness (QED) is 0.0690. The van der Waals surface area contributed by atoms with E-state index in [0.717, 1.165) is 0 Å². The summed E-state index contributed by atoms with van der Waals surface area (Å²) in [5, 5.41) is 8.49. The molecule has 2 amide bonds. The van der Waals surface area contributed by atoms with Crippen molar-refractivity contribution < 1.29 is 38.2 Å². The first kappa shape index (κ1) is 31.6. The molecule has 4 N–H and O–H groups in total. The zero-order valence-electron chi connectivity index (χ0n) is 20.7. The number of esters is 2. The molecule has 0 unspecified atom stereocenters. The molecule has 0 spiro atoms. The first-order valence-electron chi connectivity index (χ1n) is 11.2. The van der Waals surface area contributed by atoms with Gasteiger partial charge in [-0.1, -0.05) is 5.11 Å². The van der Waals surface area contributed by atoms with Gasteiger partial charge >= 0.3 is 18.0 Å². The summed E-state index contributed by atoms with van der Waals surface area (Å²) in [7, 11) is 1.17. The molecule has 0 aromatic rings. The number of methoxy groups -OCH3 is 1. The Balaban J connectivity index is 4.67. The Morgan fingerprint density at radius 2 is 1.77 bits per heavy atom. The third-order valence-electron chi connectivity index (χ3n) is 4.36. The predicted octanol–water partition coefficient (Wildman–Crippen LogP) is 1.12. The van der Waals surface area contributed by atoms with Crippen molar-refractivity contribution in [2.75, 3.05) is 33.4 Å². The zero-order valence-corrected chi connectivity index (χ0v) is 20.7. The van der Waals surface area contributed by atoms with E-state index in [1.807, 2.05) is 0 Å². The number of hydrogen-bond acceptors (Lipinski definition) is 10. The average molecular weight is 501 g/mol. The highest BCUT2D eigenvalue weighted by atomic mass is 16.6. The number of carbonyl (C=O) groups is 5. The summed E-state index contributed by atoms with van der Waals surface area (Å²) in [4.78, 5) is 62.0. The molecule has 0 aliphatic carbocycles. The van der Waals surface area contributed by atoms with E-state index < -0.39 is 41.5 Å². The van der Waals surface area contributed by atoms with E-state index in [1.54, 1.807) is 20.8 Å². The number of ether oxygens (including phenoxy) is 3. The number of ketones is 1. The number of amides is 2. The summed E-state index contributed by atoms with van der Waals surface area (Å²) in [5.41, 5.74) is 13.2. The van der Waals surface area contributed by atoms with Crippen molar-refractivity contribution in [3.8, 4) is 0 Å². The smallest absolute Gasteiger partial charge is 0.407 e. The molecule has 0 radical (unpaired) electrons. The van der Waals surface area contributed by atoms with E-state index in [2.05, 4.69) is 25.4 Å². The van der Waals surface area contributed by atoms with Gasteiger partial charge in [0.1, 0.15) is 24.0 Å². The van der Waals surface area contributed by atoms with Crippen LogP contribution in [0.5, 0.6) is 0 Å². The van der Waals surface area contributed by atoms with Gasteiger partial charge < -0.3 is 30.6 Å². The van der Waals surface area contributed by atoms with Gasteiger partial charge in [0.2, 0.25) is 5.91 Å². The molecule has 0 aliphatic heterocycles. The standard InChI is InChI=1S/C21H36N6O8/c1-21(2,3)35-20(32)25-8-5-6-14(12-15(28)7-9-26-27-23)18(30)24-10-11-34-19(31)16(22)13-17(29)33-4/h14,16H,5-13,22H2,1-4H3,(H,24,30)(H,25,32)/t14-,16+/m1/s1. The minimum atomic E-state index is -1.18. The molecule has 14 heteroatoms. The fourth-order valence-corrected chi connectivity index (χ4v) is 2.70. The van der Waals surface area contributed by atoms with Crippen LogP contribution in [-0.4, -0.2) is 74.7 Å². The Morgan fingerprint density at radius 3 is 2.37 bits per heavy atom. The van der Waals surface area contributed by atoms with Crippen LogP contribution in [0.15, 0.2) is 5.11 Å². The van der Waals surface area contributed by atoms with Crippen molar-refractivity contribution in [1.29, 1.82) is 0 Å². The number of nitrogens with one attached hydrogen (secondary N) is 2. The monoisotopic (exact) mass is 500 g/mol. The molecule has 2 atom stereocenters. The lowest BCUT2D eigenvalue weighted by molar-refractivity contribution is -0.150. The Hall–Kier alpha value is -3.38. The first-order valence-corrected chi connectivity index (χ1v) is 11.2. The summed E-state index contributed by atoms with van der Waals surface area (Å²) < 4.78 is 14.5. The van der Waals surface area contributed by atoms with Crippen LogP contribution in [0, 0.1) is 5.92 Å². The van der Waals surface area contributed by atoms with Crippen LogP contribution in [0.1, 0.15) is 52.9 Å². The molecule has 0 bridgehead atoms. The lowest BCUT2D eigenvalue weighted by atomic mass is 9.95. The molecule has 0 aromatic heterocycles. The van der Waals surface area contributed by atoms with Crippen molar-refractivity contribution in [3.63, 3.8) is 0 Å². The molecular formula is C21H36N6O8. The largest absolute Gasteiger partial charge is 0.469 e. The van der Waals surface area contributed by atoms with Gasteiger partial charge in [-0.05, 0) is 39.1 Å². The van der Waals surface area contributed by atoms with Gasteiger partial charge in [-0.2, -0.15) is 0 Å². The number of azide groups is 1. The number of Topliss-reactive ketones (excluding diaryl/α,β-unsaturated/α-hetero) is 1. The molecule has 0 heterocycles. The van der Waals surface area contributed by atoms with Crippen LogP contribution in [0.25, 0.3) is 10.4 Å². The van der Waals surface area contributed by atoms with E-state index in [0.29, 0.717) is 12.8 Å². The van der Waals surface area contributed by atoms with Gasteiger partial charge in [-0.15, -0.1) is 0 Å². The third-order valence-corrected chi connectivity index (χ3v) is 4.36. The molecule has 0 saturated carbocycles. The SMILES string of the molecule is COC(=O)C[C@H](N)C(=O)OCCNC(=O)[C@H](CCCNC(=O)OC(C)(C)C)CC(=O)CCN=[N+]=[N-]. The Kier molecular flexibility index (Phi) is 15.5. The maximum absolute atomic E-state index is 12.6. The summed E-state index contributed by atoms with van der Waals surface area (Å²) >= 11 is 0. The van der Waals surface area contributed by atoms with Crippen LogP contribution >= 0.6 is 0 Å². The van der Waals surface area contributed by atoms with Crippen molar-refractivity contribution in [3.05, 3.63) is 10.4 Å². The van der Waals surface area contributed by atoms with Crippen LogP contribution in [0.2, 0.25) is 0 Å². The number of rotatable bonds is 16. The van der Waals surface area contributed by atoms with Gasteiger partial charge in [0.05, 0.1) is 20.1 Å². The average Bonchev–Trinajstić information content (AvgIpc) is 2.77. The highest BCUT2D eigenvalue weighted by molar-refractivity contribution is 5.87. The molecule has 0 saturated heterocycles. The summed E-state index contributed by atoms with van der Waals surface area (Å²) in [6.45, 7) is 5.22. The number of hydrogen-bond donors (Lipinski definition) is 3. The van der Waals surface area contributed by atoms with Crippen molar-refractivity contribution in [2.24, 2.45) is 16.8 Å². The van der Waals surface area contributed by atoms with Crippen molar-refractivity contribution >= 4 is 29.7 Å². The normalized spacial score (nSPS) is 12.4. The molecule has 198 valence electrons. The van der Waals surface area contributed by atoms with Crippen LogP contribution in [0.3, 0.4) is 0 Å². The molecule has 14 nitrogen and oxygen atoms in total. The zero-order chi connectivity index (χ0) is 26.9. The Labute approximate surface area is 204 Å². The first-order chi connectivity index (χ1) is 16.4. The van der Waals surface area contributed by atoms with Gasteiger partial charge in [-0.3, -0.25) is 19.2 Å². The third kappa shape index (κ3) is 16.8. The van der Waals surface area contributed by atoms with Gasteiger partial charge in [-0.25, -0.2) is 4.79 Å². The lowest BCUT2D eigenvalue weighted by Crippen LogP contribution is -2.38. The van der Waals surface area contributed by atoms with Gasteiger partial charge in [0, 0.05) is 36.8 Å². The molecule has 0 aromatic carbocycles. The molecule has 0 rings (SSSR count). The van der Waals surface area contributed by atoms with Crippen LogP contribution in [0.4, 0.5) is 4.79 Å². The van der Waals surface area contributed by atoms with E-state index in [4.69, 9.17) is 20.7 Å². The minimum absolute atomic E-state index is 0.000303. The summed E-state index contributed by atoms with van der Waals surface area (Å²) in [5.74, 6) is -2.86. The maximum Gasteiger partial charge on any atom is 0.407 e. The van der Waals surface area contributed by atoms with E-state index >= 15 is 0 Å². The fourth-order valence-electron chi connectivity index (χ4n) is 2.70. The predicted molar refractivity (Wildman–Crippen MR) is 124 cm³/mol. The Morgan fingerprint density at radius 1 is 1.09 bits per heavy atom. The topological polar surface area (TPSA) is 212 Å². The second-order valence-corrected chi connectivity index (χ2v) is 8.56. The van der Waals surface area contributed by atoms with Gasteiger partial charge in [0.25, 0.3) is 0 Å². The number of nitrogens with zero attached hydrogens (tertiary/aromatic N) is 3. The second-order valence-electron chi connectivity index (χ2n) is 8.56. The number of alkyl carbamates (subject to hydrolysis) is 1. The second kappa shape index (κ2) is 17.1. The van der Waals surface area contributed by atoms with E-state index in [9.17, 15) is 24.0 Å². The Bertz CT molecular complexity index is 776. The molecule has 0 aliphatic rings. The van der Waals surface area contributed by atoms with Gasteiger partial charge in [0.15, 0.2) is 0 Å². The molecular weight excluding hydrogens is 464 g/mol. The highest BCUT2D eigenvalue weighted by Gasteiger charge is 2.23. The van der Waals surface area contributed by atoms with Crippen LogP contribution < -0.4 is 16.4 Å². The maximum atomic E-state index is 12.6. The van der Waals surface area contributed by atoms with E-state index in [-0.39, 0.29) is 51.3 Å². The van der Waals surface area contributed by atoms with Crippen LogP contribution in [-0.2, 0) is 33.4 Å². The highest BCUT2D eigenvalue weighted by Crippen LogP contribution is 2.14. The summed E-state index contributed by atoms with van der Waals surface area (Å²) in [6, 6.07) is -1.18. The number of nitrogens with two attached hydrogens (primary N) is 1. The van der Waals surface area contributed by atoms with Crippen molar-refractivity contribution in [2.45, 2.75) is 64.5 Å². The fraction of sp³-hybridized carbons (Fsp3) is 0.762. The number of carbonyl (C=O) groups excluding carboxylic acids is 5. The lowest BCUT2D eigenvalue weighted by Gasteiger charge is -2.20. The van der Waals surface area contributed by atoms with Crippen molar-refractivity contribution in [1.82, 2.24) is 10.6 Å². The van der Waals surface area contributed by atoms with E-state index in [1.165, 1.54) is 7.11 Å². The summed E-state index contributed by atoms with van der Waals surface area (Å²) in [6.07, 6.45) is -0.310.